The van der Waals surface area contributed by atoms with Crippen molar-refractivity contribution in [3.8, 4) is 5.88 Å². The van der Waals surface area contributed by atoms with E-state index in [-0.39, 0.29) is 44.2 Å². The quantitative estimate of drug-likeness (QED) is 0.307. The molecular weight excluding hydrogens is 685 g/mol. The third-order valence-corrected chi connectivity index (χ3v) is 13.2. The second kappa shape index (κ2) is 15.0. The van der Waals surface area contributed by atoms with Gasteiger partial charge in [-0.25, -0.2) is 13.4 Å². The lowest BCUT2D eigenvalue weighted by atomic mass is 9.86. The van der Waals surface area contributed by atoms with Gasteiger partial charge in [0, 0.05) is 23.9 Å². The molecule has 12 nitrogen and oxygen atoms in total. The maximum absolute atomic E-state index is 14.7. The van der Waals surface area contributed by atoms with Gasteiger partial charge in [0.2, 0.25) is 27.7 Å². The molecule has 5 aliphatic rings. The second-order valence-corrected chi connectivity index (χ2v) is 17.0. The van der Waals surface area contributed by atoms with Gasteiger partial charge in [-0.05, 0) is 86.8 Å². The lowest BCUT2D eigenvalue weighted by Gasteiger charge is -2.31. The number of hydrogen-bond acceptors (Lipinski definition) is 9. The molecule has 3 saturated carbocycles. The Bertz CT molecular complexity index is 1870. The summed E-state index contributed by atoms with van der Waals surface area (Å²) in [6, 6.07) is 6.92. The molecule has 0 radical (unpaired) electrons. The number of fused-ring (bicyclic) bond motifs is 3. The smallest absolute Gasteiger partial charge is 0.306 e. The van der Waals surface area contributed by atoms with Crippen LogP contribution < -0.4 is 14.8 Å². The molecule has 1 aromatic carbocycles. The van der Waals surface area contributed by atoms with Crippen molar-refractivity contribution in [1.82, 2.24) is 19.9 Å². The van der Waals surface area contributed by atoms with Crippen LogP contribution in [0.2, 0.25) is 0 Å². The zero-order chi connectivity index (χ0) is 36.5. The normalized spacial score (nSPS) is 29.6. The van der Waals surface area contributed by atoms with Crippen LogP contribution in [-0.4, -0.2) is 78.1 Å². The highest BCUT2D eigenvalue weighted by molar-refractivity contribution is 7.91. The van der Waals surface area contributed by atoms with Crippen molar-refractivity contribution in [3.05, 3.63) is 54.8 Å². The molecule has 278 valence electrons. The highest BCUT2D eigenvalue weighted by Crippen LogP contribution is 2.46. The standard InChI is InChI=1S/C39H48N4O8S/c1-2-28-23-39(28,38(47)42-52(48,49)30-15-16-30)41-35(45)33-21-29-24-43(33)37(46)32(26-11-7-8-12-26)22-34(44)50-19-9-5-3-4-6-10-25-13-14-27-17-18-40-36(51-29)31(27)20-25/h2,6,10,13-14,17-18,20,26,28-30,32-33H,1,3-5,7-9,11-12,15-16,19,21-24H2,(H,41,45)(H,42,47)/b10-6+/t28-,29+,32-,33-,39+/m0/s1. The Hall–Kier alpha value is -4.26. The minimum atomic E-state index is -3.87. The number of carbonyl (C=O) groups excluding carboxylic acids is 4. The predicted molar refractivity (Wildman–Crippen MR) is 194 cm³/mol. The number of hydrogen-bond donors (Lipinski definition) is 2. The van der Waals surface area contributed by atoms with E-state index in [1.807, 2.05) is 24.3 Å². The van der Waals surface area contributed by atoms with E-state index in [1.165, 1.54) is 11.0 Å². The Morgan fingerprint density at radius 2 is 1.85 bits per heavy atom. The summed E-state index contributed by atoms with van der Waals surface area (Å²) >= 11 is 0. The summed E-state index contributed by atoms with van der Waals surface area (Å²) in [7, 11) is -3.87. The SMILES string of the molecule is C=C[C@H]1C[C@]1(NC(=O)[C@@H]1C[C@@H]2CN1C(=O)[C@H](C1CCCC1)CC(=O)OCCCCC/C=C/c1ccc3ccnc(c3c1)O2)C(=O)NS(=O)(=O)C1CC1. The first-order valence-electron chi connectivity index (χ1n) is 18.8. The average Bonchev–Trinajstić information content (AvgIpc) is 4.00. The molecule has 2 aromatic rings. The van der Waals surface area contributed by atoms with Crippen LogP contribution in [0.5, 0.6) is 5.88 Å². The summed E-state index contributed by atoms with van der Waals surface area (Å²) in [6.07, 6.45) is 14.9. The van der Waals surface area contributed by atoms with Gasteiger partial charge in [0.15, 0.2) is 0 Å². The van der Waals surface area contributed by atoms with Crippen molar-refractivity contribution >= 4 is 50.6 Å². The van der Waals surface area contributed by atoms with Crippen LogP contribution in [0.25, 0.3) is 16.8 Å². The van der Waals surface area contributed by atoms with Crippen LogP contribution in [0.1, 0.15) is 89.0 Å². The molecule has 52 heavy (non-hydrogen) atoms. The number of nitrogens with one attached hydrogen (secondary N) is 2. The molecule has 3 aliphatic carbocycles. The van der Waals surface area contributed by atoms with Gasteiger partial charge in [-0.3, -0.25) is 23.9 Å². The molecule has 2 N–H and O–H groups in total. The molecule has 1 aromatic heterocycles. The fourth-order valence-electron chi connectivity index (χ4n) is 8.12. The number of aromatic nitrogens is 1. The maximum atomic E-state index is 14.7. The van der Waals surface area contributed by atoms with E-state index in [0.717, 1.165) is 67.7 Å². The molecule has 0 unspecified atom stereocenters. The van der Waals surface area contributed by atoms with Gasteiger partial charge in [0.05, 0.1) is 30.7 Å². The molecule has 4 fully saturated rings. The summed E-state index contributed by atoms with van der Waals surface area (Å²) in [4.78, 5) is 61.7. The molecule has 2 aliphatic heterocycles. The van der Waals surface area contributed by atoms with Crippen LogP contribution in [0.3, 0.4) is 0 Å². The molecular formula is C39H48N4O8S. The van der Waals surface area contributed by atoms with Crippen LogP contribution in [0.4, 0.5) is 0 Å². The Kier molecular flexibility index (Phi) is 10.4. The zero-order valence-electron chi connectivity index (χ0n) is 29.5. The molecule has 4 bridgehead atoms. The number of ether oxygens (including phenoxy) is 2. The number of pyridine rings is 1. The fraction of sp³-hybridized carbons (Fsp3) is 0.564. The van der Waals surface area contributed by atoms with Gasteiger partial charge >= 0.3 is 5.97 Å². The maximum Gasteiger partial charge on any atom is 0.306 e. The molecule has 1 saturated heterocycles. The molecule has 7 rings (SSSR count). The summed E-state index contributed by atoms with van der Waals surface area (Å²) in [5.74, 6) is -2.97. The van der Waals surface area contributed by atoms with Gasteiger partial charge in [0.25, 0.3) is 5.91 Å². The van der Waals surface area contributed by atoms with E-state index in [2.05, 4.69) is 33.8 Å². The Labute approximate surface area is 304 Å². The van der Waals surface area contributed by atoms with Gasteiger partial charge in [-0.15, -0.1) is 6.58 Å². The van der Waals surface area contributed by atoms with E-state index in [4.69, 9.17) is 9.47 Å². The number of amides is 3. The van der Waals surface area contributed by atoms with Crippen LogP contribution in [-0.2, 0) is 33.9 Å². The van der Waals surface area contributed by atoms with Crippen molar-refractivity contribution in [2.45, 2.75) is 106 Å². The number of carbonyl (C=O) groups is 4. The highest BCUT2D eigenvalue weighted by Gasteiger charge is 2.62. The van der Waals surface area contributed by atoms with Crippen molar-refractivity contribution < 1.29 is 37.1 Å². The average molecular weight is 733 g/mol. The van der Waals surface area contributed by atoms with Crippen LogP contribution >= 0.6 is 0 Å². The zero-order valence-corrected chi connectivity index (χ0v) is 30.3. The van der Waals surface area contributed by atoms with Crippen molar-refractivity contribution in [2.75, 3.05) is 13.2 Å². The van der Waals surface area contributed by atoms with E-state index < -0.39 is 62.6 Å². The molecule has 3 amide bonds. The minimum absolute atomic E-state index is 0.0372. The first kappa shape index (κ1) is 36.1. The first-order valence-corrected chi connectivity index (χ1v) is 20.3. The topological polar surface area (TPSA) is 161 Å². The minimum Gasteiger partial charge on any atom is -0.472 e. The molecule has 5 atom stereocenters. The van der Waals surface area contributed by atoms with Crippen LogP contribution in [0.15, 0.2) is 49.2 Å². The number of esters is 1. The summed E-state index contributed by atoms with van der Waals surface area (Å²) in [5, 5.41) is 3.97. The van der Waals surface area contributed by atoms with Gasteiger partial charge in [0.1, 0.15) is 17.7 Å². The lowest BCUT2D eigenvalue weighted by molar-refractivity contribution is -0.152. The van der Waals surface area contributed by atoms with Crippen molar-refractivity contribution in [1.29, 1.82) is 0 Å². The fourth-order valence-corrected chi connectivity index (χ4v) is 9.49. The Morgan fingerprint density at radius 3 is 2.60 bits per heavy atom. The molecule has 3 heterocycles. The number of cyclic esters (lactones) is 1. The number of benzene rings is 1. The van der Waals surface area contributed by atoms with E-state index in [9.17, 15) is 27.6 Å². The van der Waals surface area contributed by atoms with E-state index in [1.54, 1.807) is 6.20 Å². The van der Waals surface area contributed by atoms with Crippen molar-refractivity contribution in [2.24, 2.45) is 17.8 Å². The van der Waals surface area contributed by atoms with Crippen molar-refractivity contribution in [3.63, 3.8) is 0 Å². The third-order valence-electron chi connectivity index (χ3n) is 11.4. The number of rotatable bonds is 7. The second-order valence-electron chi connectivity index (χ2n) is 15.1. The largest absolute Gasteiger partial charge is 0.472 e. The molecule has 0 spiro atoms. The number of sulfonamides is 1. The lowest BCUT2D eigenvalue weighted by Crippen LogP contribution is -2.57. The first-order chi connectivity index (χ1) is 25.1. The van der Waals surface area contributed by atoms with Gasteiger partial charge in [-0.2, -0.15) is 0 Å². The highest BCUT2D eigenvalue weighted by atomic mass is 32.2. The third kappa shape index (κ3) is 7.74. The Balaban J connectivity index is 1.20. The summed E-state index contributed by atoms with van der Waals surface area (Å²) in [5.41, 5.74) is -0.518. The predicted octanol–water partition coefficient (Wildman–Crippen LogP) is 4.58. The number of allylic oxidation sites excluding steroid dienone is 1. The van der Waals surface area contributed by atoms with Gasteiger partial charge in [-0.1, -0.05) is 43.2 Å². The van der Waals surface area contributed by atoms with E-state index >= 15 is 0 Å². The number of nitrogens with zero attached hydrogens (tertiary/aromatic N) is 2. The Morgan fingerprint density at radius 1 is 1.04 bits per heavy atom. The van der Waals surface area contributed by atoms with E-state index in [0.29, 0.717) is 18.7 Å². The summed E-state index contributed by atoms with van der Waals surface area (Å²) < 4.78 is 39.8. The molecule has 13 heteroatoms. The summed E-state index contributed by atoms with van der Waals surface area (Å²) in [6.45, 7) is 4.14. The monoisotopic (exact) mass is 732 g/mol. The van der Waals surface area contributed by atoms with Crippen LogP contribution in [0, 0.1) is 17.8 Å². The van der Waals surface area contributed by atoms with Gasteiger partial charge < -0.3 is 19.7 Å².